The highest BCUT2D eigenvalue weighted by atomic mass is 16.4. The average molecular weight is 370 g/mol. The molecular formula is C24H22N2O2. The minimum atomic E-state index is -0.954. The Balaban J connectivity index is 1.85. The number of hydrogen-bond acceptors (Lipinski definition) is 2. The number of carbonyl (C=O) groups is 1. The number of nitrogens with zero attached hydrogens (tertiary/aromatic N) is 2. The first kappa shape index (κ1) is 18.0. The van der Waals surface area contributed by atoms with Crippen molar-refractivity contribution in [3.63, 3.8) is 0 Å². The number of para-hydroxylation sites is 1. The number of benzene rings is 3. The molecule has 0 bridgehead atoms. The van der Waals surface area contributed by atoms with E-state index in [1.165, 1.54) is 0 Å². The summed E-state index contributed by atoms with van der Waals surface area (Å²) in [6.45, 7) is 3.56. The summed E-state index contributed by atoms with van der Waals surface area (Å²) in [5.41, 5.74) is 3.00. The maximum Gasteiger partial charge on any atom is 0.310 e. The van der Waals surface area contributed by atoms with Gasteiger partial charge >= 0.3 is 5.97 Å². The lowest BCUT2D eigenvalue weighted by molar-refractivity contribution is -0.147. The fraction of sp³-hybridized carbons (Fsp3) is 0.167. The minimum absolute atomic E-state index is 0.268. The Hall–Kier alpha value is -3.40. The third-order valence-corrected chi connectivity index (χ3v) is 5.33. The molecule has 1 heterocycles. The van der Waals surface area contributed by atoms with Crippen LogP contribution >= 0.6 is 0 Å². The number of aliphatic carboxylic acids is 1. The second-order valence-corrected chi connectivity index (χ2v) is 7.58. The van der Waals surface area contributed by atoms with E-state index >= 15 is 0 Å². The molecule has 0 unspecified atom stereocenters. The molecule has 4 nitrogen and oxygen atoms in total. The van der Waals surface area contributed by atoms with Crippen molar-refractivity contribution < 1.29 is 9.90 Å². The Morgan fingerprint density at radius 2 is 1.57 bits per heavy atom. The third kappa shape index (κ3) is 3.07. The van der Waals surface area contributed by atoms with Crippen molar-refractivity contribution in [1.82, 2.24) is 9.78 Å². The van der Waals surface area contributed by atoms with Crippen molar-refractivity contribution in [2.75, 3.05) is 0 Å². The third-order valence-electron chi connectivity index (χ3n) is 5.33. The van der Waals surface area contributed by atoms with E-state index in [9.17, 15) is 9.90 Å². The molecule has 4 aromatic rings. The van der Waals surface area contributed by atoms with Gasteiger partial charge in [-0.15, -0.1) is 0 Å². The van der Waals surface area contributed by atoms with Gasteiger partial charge in [0.05, 0.1) is 22.8 Å². The van der Waals surface area contributed by atoms with Gasteiger partial charge in [-0.2, -0.15) is 5.10 Å². The first-order valence-electron chi connectivity index (χ1n) is 9.30. The molecule has 28 heavy (non-hydrogen) atoms. The van der Waals surface area contributed by atoms with Crippen LogP contribution in [-0.4, -0.2) is 20.9 Å². The number of hydrogen-bond donors (Lipinski definition) is 1. The van der Waals surface area contributed by atoms with Gasteiger partial charge in [-0.1, -0.05) is 54.6 Å². The fourth-order valence-electron chi connectivity index (χ4n) is 3.80. The lowest BCUT2D eigenvalue weighted by Gasteiger charge is -2.31. The zero-order chi connectivity index (χ0) is 19.7. The molecule has 4 heteroatoms. The second-order valence-electron chi connectivity index (χ2n) is 7.58. The van der Waals surface area contributed by atoms with Gasteiger partial charge in [-0.05, 0) is 49.2 Å². The molecule has 0 aliphatic carbocycles. The zero-order valence-corrected chi connectivity index (χ0v) is 15.9. The Morgan fingerprint density at radius 3 is 2.21 bits per heavy atom. The molecular weight excluding hydrogens is 348 g/mol. The van der Waals surface area contributed by atoms with Gasteiger partial charge < -0.3 is 5.11 Å². The number of aromatic nitrogens is 2. The maximum absolute atomic E-state index is 12.0. The van der Waals surface area contributed by atoms with Crippen LogP contribution in [0.15, 0.2) is 85.1 Å². The summed E-state index contributed by atoms with van der Waals surface area (Å²) in [6.07, 6.45) is 1.83. The van der Waals surface area contributed by atoms with E-state index < -0.39 is 11.4 Å². The first-order chi connectivity index (χ1) is 13.5. The second kappa shape index (κ2) is 6.97. The Bertz CT molecular complexity index is 1120. The molecule has 0 fully saturated rings. The van der Waals surface area contributed by atoms with Gasteiger partial charge in [-0.25, -0.2) is 4.68 Å². The van der Waals surface area contributed by atoms with E-state index in [-0.39, 0.29) is 5.92 Å². The predicted molar refractivity (Wildman–Crippen MR) is 111 cm³/mol. The summed E-state index contributed by atoms with van der Waals surface area (Å²) in [5.74, 6) is -1.09. The summed E-state index contributed by atoms with van der Waals surface area (Å²) in [4.78, 5) is 12.0. The summed E-state index contributed by atoms with van der Waals surface area (Å²) >= 11 is 0. The van der Waals surface area contributed by atoms with E-state index in [4.69, 9.17) is 0 Å². The summed E-state index contributed by atoms with van der Waals surface area (Å²) in [5, 5.41) is 15.4. The van der Waals surface area contributed by atoms with E-state index in [2.05, 4.69) is 11.2 Å². The van der Waals surface area contributed by atoms with Gasteiger partial charge in [0.25, 0.3) is 0 Å². The quantitative estimate of drug-likeness (QED) is 0.521. The molecule has 0 aliphatic heterocycles. The SMILES string of the molecule is CC(C)(C(=O)O)[C@@H](c1ccccc1)c1ccc2c(cnn2-c2ccccc2)c1. The van der Waals surface area contributed by atoms with E-state index in [0.717, 1.165) is 27.7 Å². The molecule has 0 radical (unpaired) electrons. The Morgan fingerprint density at radius 1 is 0.929 bits per heavy atom. The maximum atomic E-state index is 12.0. The summed E-state index contributed by atoms with van der Waals surface area (Å²) in [6, 6.07) is 25.9. The Labute approximate surface area is 164 Å². The van der Waals surface area contributed by atoms with Crippen molar-refractivity contribution in [2.24, 2.45) is 5.41 Å². The van der Waals surface area contributed by atoms with Gasteiger partial charge in [0.2, 0.25) is 0 Å². The minimum Gasteiger partial charge on any atom is -0.481 e. The van der Waals surface area contributed by atoms with Crippen LogP contribution in [0.1, 0.15) is 30.9 Å². The van der Waals surface area contributed by atoms with Crippen LogP contribution in [-0.2, 0) is 4.79 Å². The van der Waals surface area contributed by atoms with E-state index in [1.807, 2.05) is 83.7 Å². The summed E-state index contributed by atoms with van der Waals surface area (Å²) in [7, 11) is 0. The van der Waals surface area contributed by atoms with Crippen LogP contribution in [0.3, 0.4) is 0 Å². The Kier molecular flexibility index (Phi) is 4.47. The number of carboxylic acid groups (broad SMARTS) is 1. The standard InChI is InChI=1S/C24H22N2O2/c1-24(2,23(27)28)22(17-9-5-3-6-10-17)18-13-14-21-19(15-18)16-25-26(21)20-11-7-4-8-12-20/h3-16,22H,1-2H3,(H,27,28)/t22-/m0/s1. The first-order valence-corrected chi connectivity index (χ1v) is 9.30. The monoisotopic (exact) mass is 370 g/mol. The molecule has 0 aliphatic rings. The van der Waals surface area contributed by atoms with Crippen LogP contribution in [0, 0.1) is 5.41 Å². The van der Waals surface area contributed by atoms with Crippen molar-refractivity contribution in [3.8, 4) is 5.69 Å². The van der Waals surface area contributed by atoms with Crippen LogP contribution in [0.25, 0.3) is 16.6 Å². The average Bonchev–Trinajstić information content (AvgIpc) is 3.13. The molecule has 0 amide bonds. The van der Waals surface area contributed by atoms with Crippen LogP contribution in [0.5, 0.6) is 0 Å². The zero-order valence-electron chi connectivity index (χ0n) is 15.9. The predicted octanol–water partition coefficient (Wildman–Crippen LogP) is 5.27. The molecule has 1 aromatic heterocycles. The molecule has 140 valence electrons. The normalized spacial score (nSPS) is 12.8. The van der Waals surface area contributed by atoms with Gasteiger partial charge in [0.15, 0.2) is 0 Å². The van der Waals surface area contributed by atoms with Gasteiger partial charge in [-0.3, -0.25) is 4.79 Å². The van der Waals surface area contributed by atoms with Crippen LogP contribution < -0.4 is 0 Å². The molecule has 1 atom stereocenters. The molecule has 4 rings (SSSR count). The highest BCUT2D eigenvalue weighted by Gasteiger charge is 2.39. The highest BCUT2D eigenvalue weighted by Crippen LogP contribution is 2.42. The highest BCUT2D eigenvalue weighted by molar-refractivity contribution is 5.82. The fourth-order valence-corrected chi connectivity index (χ4v) is 3.80. The van der Waals surface area contributed by atoms with Crippen molar-refractivity contribution in [2.45, 2.75) is 19.8 Å². The smallest absolute Gasteiger partial charge is 0.310 e. The lowest BCUT2D eigenvalue weighted by Crippen LogP contribution is -2.32. The molecule has 3 aromatic carbocycles. The van der Waals surface area contributed by atoms with Gasteiger partial charge in [0.1, 0.15) is 0 Å². The topological polar surface area (TPSA) is 55.1 Å². The largest absolute Gasteiger partial charge is 0.481 e. The lowest BCUT2D eigenvalue weighted by atomic mass is 9.71. The molecule has 1 N–H and O–H groups in total. The van der Waals surface area contributed by atoms with E-state index in [1.54, 1.807) is 13.8 Å². The molecule has 0 saturated heterocycles. The molecule has 0 saturated carbocycles. The van der Waals surface area contributed by atoms with Crippen LogP contribution in [0.4, 0.5) is 0 Å². The van der Waals surface area contributed by atoms with Crippen LogP contribution in [0.2, 0.25) is 0 Å². The van der Waals surface area contributed by atoms with Crippen molar-refractivity contribution in [1.29, 1.82) is 0 Å². The van der Waals surface area contributed by atoms with Gasteiger partial charge in [0, 0.05) is 11.3 Å². The van der Waals surface area contributed by atoms with E-state index in [0.29, 0.717) is 0 Å². The van der Waals surface area contributed by atoms with Crippen molar-refractivity contribution >= 4 is 16.9 Å². The number of rotatable bonds is 5. The van der Waals surface area contributed by atoms with Crippen molar-refractivity contribution in [3.05, 3.63) is 96.2 Å². The number of carboxylic acids is 1. The number of fused-ring (bicyclic) bond motifs is 1. The summed E-state index contributed by atoms with van der Waals surface area (Å²) < 4.78 is 1.90. The molecule has 0 spiro atoms.